The monoisotopic (exact) mass is 365 g/mol. The molecule has 3 rings (SSSR count). The molecule has 0 unspecified atom stereocenters. The van der Waals surface area contributed by atoms with Gasteiger partial charge < -0.3 is 14.2 Å². The number of hydrogen-bond donors (Lipinski definition) is 2. The van der Waals surface area contributed by atoms with E-state index in [0.717, 1.165) is 11.8 Å². The predicted octanol–water partition coefficient (Wildman–Crippen LogP) is 3.19. The van der Waals surface area contributed by atoms with Crippen LogP contribution in [0, 0.1) is 0 Å². The molecule has 0 aliphatic rings. The Labute approximate surface area is 145 Å². The molecule has 0 atom stereocenters. The molecule has 2 N–H and O–H groups in total. The second-order valence-corrected chi connectivity index (χ2v) is 6.05. The summed E-state index contributed by atoms with van der Waals surface area (Å²) in [5.41, 5.74) is 1.19. The van der Waals surface area contributed by atoms with Gasteiger partial charge in [-0.15, -0.1) is 0 Å². The summed E-state index contributed by atoms with van der Waals surface area (Å²) in [5, 5.41) is 5.61. The molecule has 7 nitrogen and oxygen atoms in total. The number of benzene rings is 1. The van der Waals surface area contributed by atoms with Gasteiger partial charge >= 0.3 is 6.03 Å². The van der Waals surface area contributed by atoms with Crippen LogP contribution in [0.15, 0.2) is 50.7 Å². The second kappa shape index (κ2) is 7.41. The summed E-state index contributed by atoms with van der Waals surface area (Å²) in [7, 11) is 0. The first-order chi connectivity index (χ1) is 11.6. The number of nitrogens with one attached hydrogen (secondary N) is 2. The van der Waals surface area contributed by atoms with E-state index < -0.39 is 11.9 Å². The van der Waals surface area contributed by atoms with E-state index in [9.17, 15) is 9.59 Å². The summed E-state index contributed by atoms with van der Waals surface area (Å²) in [6.07, 6.45) is 1.50. The average Bonchev–Trinajstić information content (AvgIpc) is 3.19. The minimum absolute atomic E-state index is 0.00523. The lowest BCUT2D eigenvalue weighted by atomic mass is 10.3. The zero-order chi connectivity index (χ0) is 16.9. The van der Waals surface area contributed by atoms with Crippen LogP contribution in [0.25, 0.3) is 11.1 Å². The predicted molar refractivity (Wildman–Crippen MR) is 88.8 cm³/mol. The third kappa shape index (κ3) is 4.30. The Morgan fingerprint density at radius 1 is 1.29 bits per heavy atom. The number of hydrogen-bond acceptors (Lipinski definition) is 6. The van der Waals surface area contributed by atoms with Crippen molar-refractivity contribution in [2.24, 2.45) is 0 Å². The van der Waals surface area contributed by atoms with Crippen molar-refractivity contribution in [1.82, 2.24) is 15.6 Å². The van der Waals surface area contributed by atoms with E-state index in [2.05, 4.69) is 15.6 Å². The van der Waals surface area contributed by atoms with Gasteiger partial charge in [-0.05, 0) is 30.3 Å². The summed E-state index contributed by atoms with van der Waals surface area (Å²) < 4.78 is 10.5. The first kappa shape index (κ1) is 16.4. The fourth-order valence-corrected chi connectivity index (χ4v) is 2.66. The molecule has 124 valence electrons. The highest BCUT2D eigenvalue weighted by Gasteiger charge is 2.12. The van der Waals surface area contributed by atoms with Crippen molar-refractivity contribution >= 4 is 46.4 Å². The molecule has 9 heteroatoms. The Morgan fingerprint density at radius 2 is 2.17 bits per heavy atom. The van der Waals surface area contributed by atoms with Gasteiger partial charge in [0.25, 0.3) is 5.22 Å². The molecule has 1 aromatic carbocycles. The normalized spacial score (nSPS) is 10.7. The van der Waals surface area contributed by atoms with Crippen molar-refractivity contribution in [3.63, 3.8) is 0 Å². The fourth-order valence-electron chi connectivity index (χ4n) is 1.86. The number of nitrogens with zero attached hydrogens (tertiary/aromatic N) is 1. The maximum Gasteiger partial charge on any atom is 0.321 e. The topological polar surface area (TPSA) is 97.4 Å². The highest BCUT2D eigenvalue weighted by atomic mass is 35.5. The number of rotatable bonds is 5. The van der Waals surface area contributed by atoms with Gasteiger partial charge in [-0.2, -0.15) is 0 Å². The van der Waals surface area contributed by atoms with Gasteiger partial charge in [-0.1, -0.05) is 23.4 Å². The zero-order valence-electron chi connectivity index (χ0n) is 12.2. The van der Waals surface area contributed by atoms with Crippen LogP contribution in [0.5, 0.6) is 0 Å². The molecule has 0 bridgehead atoms. The number of fused-ring (bicyclic) bond motifs is 1. The molecule has 3 aromatic rings. The number of thioether (sulfide) groups is 1. The molecule has 0 radical (unpaired) electrons. The molecular formula is C15H12ClN3O4S. The fraction of sp³-hybridized carbons (Fsp3) is 0.133. The number of amides is 3. The summed E-state index contributed by atoms with van der Waals surface area (Å²) in [5.74, 6) is 0.128. The number of aromatic nitrogens is 1. The van der Waals surface area contributed by atoms with Crippen LogP contribution in [-0.4, -0.2) is 22.7 Å². The number of oxazole rings is 1. The molecule has 0 fully saturated rings. The molecule has 24 heavy (non-hydrogen) atoms. The van der Waals surface area contributed by atoms with Crippen molar-refractivity contribution in [3.05, 3.63) is 47.4 Å². The molecule has 0 spiro atoms. The zero-order valence-corrected chi connectivity index (χ0v) is 13.8. The minimum Gasteiger partial charge on any atom is -0.467 e. The van der Waals surface area contributed by atoms with Crippen molar-refractivity contribution in [1.29, 1.82) is 0 Å². The van der Waals surface area contributed by atoms with Crippen LogP contribution in [0.1, 0.15) is 5.76 Å². The third-order valence-corrected chi connectivity index (χ3v) is 3.98. The number of carbonyl (C=O) groups excluding carboxylic acids is 2. The van der Waals surface area contributed by atoms with Crippen LogP contribution in [0.3, 0.4) is 0 Å². The smallest absolute Gasteiger partial charge is 0.321 e. The van der Waals surface area contributed by atoms with Crippen molar-refractivity contribution in [3.8, 4) is 0 Å². The largest absolute Gasteiger partial charge is 0.467 e. The van der Waals surface area contributed by atoms with Crippen LogP contribution < -0.4 is 10.6 Å². The first-order valence-electron chi connectivity index (χ1n) is 6.89. The second-order valence-electron chi connectivity index (χ2n) is 4.69. The molecule has 0 saturated carbocycles. The Balaban J connectivity index is 1.46. The molecule has 0 aliphatic carbocycles. The quantitative estimate of drug-likeness (QED) is 0.674. The van der Waals surface area contributed by atoms with Crippen molar-refractivity contribution < 1.29 is 18.4 Å². The lowest BCUT2D eigenvalue weighted by Crippen LogP contribution is -2.39. The van der Waals surface area contributed by atoms with Gasteiger partial charge in [0.05, 0.1) is 18.6 Å². The number of carbonyl (C=O) groups is 2. The van der Waals surface area contributed by atoms with Crippen molar-refractivity contribution in [2.45, 2.75) is 11.8 Å². The van der Waals surface area contributed by atoms with Crippen LogP contribution in [-0.2, 0) is 11.3 Å². The Hall–Kier alpha value is -2.45. The van der Waals surface area contributed by atoms with Crippen molar-refractivity contribution in [2.75, 3.05) is 5.75 Å². The molecule has 2 aromatic heterocycles. The van der Waals surface area contributed by atoms with E-state index in [0.29, 0.717) is 27.1 Å². The van der Waals surface area contributed by atoms with Crippen LogP contribution in [0.2, 0.25) is 5.02 Å². The number of urea groups is 1. The number of imide groups is 1. The molecule has 2 heterocycles. The highest BCUT2D eigenvalue weighted by Crippen LogP contribution is 2.25. The summed E-state index contributed by atoms with van der Waals surface area (Å²) in [6.45, 7) is 0.200. The van der Waals surface area contributed by atoms with E-state index in [1.165, 1.54) is 6.26 Å². The lowest BCUT2D eigenvalue weighted by Gasteiger charge is -2.04. The van der Waals surface area contributed by atoms with E-state index in [4.69, 9.17) is 20.4 Å². The minimum atomic E-state index is -0.596. The molecule has 0 saturated heterocycles. The van der Waals surface area contributed by atoms with Gasteiger partial charge in [-0.3, -0.25) is 10.1 Å². The summed E-state index contributed by atoms with van der Waals surface area (Å²) in [6, 6.07) is 7.91. The maximum atomic E-state index is 11.8. The maximum absolute atomic E-state index is 11.8. The number of halogens is 1. The lowest BCUT2D eigenvalue weighted by molar-refractivity contribution is -0.117. The van der Waals surface area contributed by atoms with E-state index >= 15 is 0 Å². The third-order valence-electron chi connectivity index (χ3n) is 2.91. The molecule has 3 amide bonds. The van der Waals surface area contributed by atoms with Crippen LogP contribution >= 0.6 is 23.4 Å². The van der Waals surface area contributed by atoms with Gasteiger partial charge in [0, 0.05) is 5.02 Å². The Kier molecular flexibility index (Phi) is 5.07. The summed E-state index contributed by atoms with van der Waals surface area (Å²) >= 11 is 6.96. The molecular weight excluding hydrogens is 354 g/mol. The molecule has 0 aliphatic heterocycles. The number of furan rings is 1. The first-order valence-corrected chi connectivity index (χ1v) is 8.25. The van der Waals surface area contributed by atoms with Gasteiger partial charge in [0.2, 0.25) is 5.91 Å². The SMILES string of the molecule is O=C(CSc1nc2cc(Cl)ccc2o1)NC(=O)NCc1ccco1. The van der Waals surface area contributed by atoms with E-state index in [1.54, 1.807) is 30.3 Å². The van der Waals surface area contributed by atoms with Gasteiger partial charge in [0.15, 0.2) is 5.58 Å². The van der Waals surface area contributed by atoms with Crippen LogP contribution in [0.4, 0.5) is 4.79 Å². The average molecular weight is 366 g/mol. The standard InChI is InChI=1S/C15H12ClN3O4S/c16-9-3-4-12-11(6-9)18-15(23-12)24-8-13(20)19-14(21)17-7-10-2-1-5-22-10/h1-6H,7-8H2,(H2,17,19,20,21). The van der Waals surface area contributed by atoms with E-state index in [1.807, 2.05) is 0 Å². The highest BCUT2D eigenvalue weighted by molar-refractivity contribution is 7.99. The van der Waals surface area contributed by atoms with E-state index in [-0.39, 0.29) is 12.3 Å². The summed E-state index contributed by atoms with van der Waals surface area (Å²) in [4.78, 5) is 27.6. The van der Waals surface area contributed by atoms with Gasteiger partial charge in [0.1, 0.15) is 11.3 Å². The van der Waals surface area contributed by atoms with Gasteiger partial charge in [-0.25, -0.2) is 9.78 Å². The Bertz CT molecular complexity index is 863. The Morgan fingerprint density at radius 3 is 2.96 bits per heavy atom.